The molecule has 2 heteroatoms. The van der Waals surface area contributed by atoms with Crippen LogP contribution in [0.3, 0.4) is 0 Å². The Bertz CT molecular complexity index is 431. The predicted molar refractivity (Wildman–Crippen MR) is 81.8 cm³/mol. The summed E-state index contributed by atoms with van der Waals surface area (Å²) in [4.78, 5) is 0. The van der Waals surface area contributed by atoms with Crippen LogP contribution in [-0.4, -0.2) is 18.2 Å². The Morgan fingerprint density at radius 3 is 2.53 bits per heavy atom. The highest BCUT2D eigenvalue weighted by atomic mass is 16.5. The van der Waals surface area contributed by atoms with Crippen LogP contribution in [0.1, 0.15) is 53.0 Å². The Labute approximate surface area is 117 Å². The summed E-state index contributed by atoms with van der Waals surface area (Å²) in [7, 11) is 0. The van der Waals surface area contributed by atoms with Gasteiger partial charge < -0.3 is 10.1 Å². The van der Waals surface area contributed by atoms with E-state index < -0.39 is 0 Å². The summed E-state index contributed by atoms with van der Waals surface area (Å²) in [6.07, 6.45) is 2.15. The lowest BCUT2D eigenvalue weighted by molar-refractivity contribution is -0.0553. The molecule has 0 aliphatic carbocycles. The first kappa shape index (κ1) is 14.4. The van der Waals surface area contributed by atoms with Gasteiger partial charge in [-0.1, -0.05) is 39.0 Å². The first-order valence-corrected chi connectivity index (χ1v) is 7.28. The molecule has 1 fully saturated rings. The van der Waals surface area contributed by atoms with Crippen molar-refractivity contribution in [3.05, 3.63) is 29.8 Å². The third-order valence-corrected chi connectivity index (χ3v) is 3.79. The van der Waals surface area contributed by atoms with Crippen molar-refractivity contribution in [3.63, 3.8) is 0 Å². The van der Waals surface area contributed by atoms with E-state index in [4.69, 9.17) is 4.74 Å². The molecule has 0 aromatic heterocycles. The number of rotatable bonds is 2. The van der Waals surface area contributed by atoms with Crippen LogP contribution in [0.4, 0.5) is 5.69 Å². The van der Waals surface area contributed by atoms with E-state index in [1.807, 2.05) is 0 Å². The average Bonchev–Trinajstić information content (AvgIpc) is 2.26. The molecular formula is C17H27NO. The van der Waals surface area contributed by atoms with Gasteiger partial charge in [0.05, 0.1) is 5.60 Å². The van der Waals surface area contributed by atoms with Crippen molar-refractivity contribution in [2.75, 3.05) is 11.9 Å². The van der Waals surface area contributed by atoms with Gasteiger partial charge in [0.2, 0.25) is 0 Å². The van der Waals surface area contributed by atoms with E-state index in [-0.39, 0.29) is 11.0 Å². The van der Waals surface area contributed by atoms with E-state index in [9.17, 15) is 0 Å². The van der Waals surface area contributed by atoms with Crippen LogP contribution in [0.5, 0.6) is 0 Å². The summed E-state index contributed by atoms with van der Waals surface area (Å²) in [5.74, 6) is 0. The molecule has 1 aliphatic rings. The predicted octanol–water partition coefficient (Wildman–Crippen LogP) is 4.35. The molecule has 1 N–H and O–H groups in total. The summed E-state index contributed by atoms with van der Waals surface area (Å²) in [6.45, 7) is 12.0. The lowest BCUT2D eigenvalue weighted by Crippen LogP contribution is -2.40. The van der Waals surface area contributed by atoms with Crippen molar-refractivity contribution in [3.8, 4) is 0 Å². The van der Waals surface area contributed by atoms with Gasteiger partial charge in [0.15, 0.2) is 0 Å². The molecule has 2 rings (SSSR count). The molecule has 1 aromatic rings. The zero-order chi connectivity index (χ0) is 14.1. The Balaban J connectivity index is 2.15. The molecule has 1 atom stereocenters. The fourth-order valence-corrected chi connectivity index (χ4v) is 2.84. The van der Waals surface area contributed by atoms with Crippen molar-refractivity contribution in [2.45, 2.75) is 64.5 Å². The van der Waals surface area contributed by atoms with Gasteiger partial charge in [-0.3, -0.25) is 0 Å². The van der Waals surface area contributed by atoms with Gasteiger partial charge >= 0.3 is 0 Å². The molecule has 0 saturated carbocycles. The smallest absolute Gasteiger partial charge is 0.0646 e. The van der Waals surface area contributed by atoms with E-state index in [0.29, 0.717) is 6.04 Å². The summed E-state index contributed by atoms with van der Waals surface area (Å²) in [5, 5.41) is 3.73. The van der Waals surface area contributed by atoms with E-state index in [0.717, 1.165) is 19.4 Å². The standard InChI is InChI=1S/C17H27NO/c1-16(2,3)14-8-6-7-9-15(14)18-13-10-11-19-17(4,5)12-13/h6-9,13,18H,10-12H2,1-5H3. The molecule has 106 valence electrons. The average molecular weight is 261 g/mol. The first-order chi connectivity index (χ1) is 8.78. The maximum absolute atomic E-state index is 5.79. The van der Waals surface area contributed by atoms with Crippen molar-refractivity contribution in [1.29, 1.82) is 0 Å². The largest absolute Gasteiger partial charge is 0.382 e. The van der Waals surface area contributed by atoms with Gasteiger partial charge in [-0.2, -0.15) is 0 Å². The zero-order valence-electron chi connectivity index (χ0n) is 12.9. The van der Waals surface area contributed by atoms with Crippen molar-refractivity contribution in [2.24, 2.45) is 0 Å². The minimum atomic E-state index is -0.00735. The fourth-order valence-electron chi connectivity index (χ4n) is 2.84. The van der Waals surface area contributed by atoms with Gasteiger partial charge in [-0.15, -0.1) is 0 Å². The highest BCUT2D eigenvalue weighted by Gasteiger charge is 2.29. The van der Waals surface area contributed by atoms with Crippen LogP contribution in [0.25, 0.3) is 0 Å². The Morgan fingerprint density at radius 1 is 1.21 bits per heavy atom. The highest BCUT2D eigenvalue weighted by Crippen LogP contribution is 2.32. The summed E-state index contributed by atoms with van der Waals surface area (Å²) in [6, 6.07) is 9.17. The number of hydrogen-bond acceptors (Lipinski definition) is 2. The van der Waals surface area contributed by atoms with Crippen LogP contribution in [0.15, 0.2) is 24.3 Å². The molecule has 19 heavy (non-hydrogen) atoms. The van der Waals surface area contributed by atoms with Gasteiger partial charge in [0.25, 0.3) is 0 Å². The minimum Gasteiger partial charge on any atom is -0.382 e. The lowest BCUT2D eigenvalue weighted by Gasteiger charge is -2.37. The summed E-state index contributed by atoms with van der Waals surface area (Å²) >= 11 is 0. The minimum absolute atomic E-state index is 0.00735. The number of hydrogen-bond donors (Lipinski definition) is 1. The molecule has 0 amide bonds. The second-order valence-electron chi connectivity index (χ2n) is 7.24. The maximum Gasteiger partial charge on any atom is 0.0646 e. The maximum atomic E-state index is 5.79. The molecule has 0 spiro atoms. The SMILES string of the molecule is CC1(C)CC(Nc2ccccc2C(C)(C)C)CCO1. The molecule has 0 bridgehead atoms. The molecule has 0 radical (unpaired) electrons. The van der Waals surface area contributed by atoms with Gasteiger partial charge in [-0.25, -0.2) is 0 Å². The zero-order valence-corrected chi connectivity index (χ0v) is 12.9. The Kier molecular flexibility index (Phi) is 3.91. The Morgan fingerprint density at radius 2 is 1.89 bits per heavy atom. The van der Waals surface area contributed by atoms with Crippen LogP contribution in [0, 0.1) is 0 Å². The molecule has 1 heterocycles. The van der Waals surface area contributed by atoms with Crippen LogP contribution in [0.2, 0.25) is 0 Å². The third kappa shape index (κ3) is 3.73. The quantitative estimate of drug-likeness (QED) is 0.854. The van der Waals surface area contributed by atoms with Gasteiger partial charge in [-0.05, 0) is 43.7 Å². The number of benzene rings is 1. The summed E-state index contributed by atoms with van der Waals surface area (Å²) < 4.78 is 5.79. The first-order valence-electron chi connectivity index (χ1n) is 7.28. The van der Waals surface area contributed by atoms with Crippen molar-refractivity contribution >= 4 is 5.69 Å². The van der Waals surface area contributed by atoms with Crippen molar-refractivity contribution in [1.82, 2.24) is 0 Å². The summed E-state index contributed by atoms with van der Waals surface area (Å²) in [5.41, 5.74) is 2.83. The second kappa shape index (κ2) is 5.16. The lowest BCUT2D eigenvalue weighted by atomic mass is 9.85. The number of ether oxygens (including phenoxy) is 1. The van der Waals surface area contributed by atoms with E-state index in [1.165, 1.54) is 11.3 Å². The highest BCUT2D eigenvalue weighted by molar-refractivity contribution is 5.54. The normalized spacial score (nSPS) is 23.1. The van der Waals surface area contributed by atoms with E-state index in [1.54, 1.807) is 0 Å². The third-order valence-electron chi connectivity index (χ3n) is 3.79. The molecule has 1 saturated heterocycles. The molecule has 1 aliphatic heterocycles. The number of para-hydroxylation sites is 1. The number of anilines is 1. The van der Waals surface area contributed by atoms with Crippen LogP contribution in [-0.2, 0) is 10.2 Å². The molecular weight excluding hydrogens is 234 g/mol. The van der Waals surface area contributed by atoms with Gasteiger partial charge in [0.1, 0.15) is 0 Å². The monoisotopic (exact) mass is 261 g/mol. The molecule has 1 unspecified atom stereocenters. The van der Waals surface area contributed by atoms with Crippen molar-refractivity contribution < 1.29 is 4.74 Å². The van der Waals surface area contributed by atoms with Gasteiger partial charge in [0, 0.05) is 18.3 Å². The van der Waals surface area contributed by atoms with E-state index in [2.05, 4.69) is 64.2 Å². The van der Waals surface area contributed by atoms with Crippen LogP contribution >= 0.6 is 0 Å². The van der Waals surface area contributed by atoms with Crippen LogP contribution < -0.4 is 5.32 Å². The second-order valence-corrected chi connectivity index (χ2v) is 7.24. The molecule has 2 nitrogen and oxygen atoms in total. The topological polar surface area (TPSA) is 21.3 Å². The fraction of sp³-hybridized carbons (Fsp3) is 0.647. The van der Waals surface area contributed by atoms with E-state index >= 15 is 0 Å². The Hall–Kier alpha value is -1.02. The molecule has 1 aromatic carbocycles. The number of nitrogens with one attached hydrogen (secondary N) is 1.